The molecule has 3 rings (SSSR count). The zero-order chi connectivity index (χ0) is 14.7. The van der Waals surface area contributed by atoms with Crippen molar-refractivity contribution in [1.82, 2.24) is 10.3 Å². The summed E-state index contributed by atoms with van der Waals surface area (Å²) in [5.74, 6) is -0.186. The lowest BCUT2D eigenvalue weighted by atomic mass is 10.2. The highest BCUT2D eigenvalue weighted by atomic mass is 35.5. The molecule has 0 spiro atoms. The molecule has 0 fully saturated rings. The number of hydrogen-bond donors (Lipinski definition) is 1. The molecule has 2 heterocycles. The summed E-state index contributed by atoms with van der Waals surface area (Å²) < 4.78 is 0. The van der Waals surface area contributed by atoms with Crippen molar-refractivity contribution in [3.05, 3.63) is 63.4 Å². The number of amides is 1. The SMILES string of the molecule is O=C(NCc1ccccc1Cl)c1csc(-c2cccs2)n1. The van der Waals surface area contributed by atoms with E-state index in [1.54, 1.807) is 22.8 Å². The van der Waals surface area contributed by atoms with Gasteiger partial charge in [-0.25, -0.2) is 4.98 Å². The summed E-state index contributed by atoms with van der Waals surface area (Å²) in [6, 6.07) is 11.4. The molecule has 3 nitrogen and oxygen atoms in total. The topological polar surface area (TPSA) is 42.0 Å². The molecule has 106 valence electrons. The third kappa shape index (κ3) is 3.32. The number of rotatable bonds is 4. The first-order chi connectivity index (χ1) is 10.2. The fourth-order valence-electron chi connectivity index (χ4n) is 1.80. The number of thiophene rings is 1. The van der Waals surface area contributed by atoms with Crippen LogP contribution in [0.5, 0.6) is 0 Å². The summed E-state index contributed by atoms with van der Waals surface area (Å²) in [5.41, 5.74) is 1.33. The Balaban J connectivity index is 1.68. The van der Waals surface area contributed by atoms with Gasteiger partial charge in [0.15, 0.2) is 0 Å². The molecule has 2 aromatic heterocycles. The monoisotopic (exact) mass is 334 g/mol. The van der Waals surface area contributed by atoms with E-state index in [1.165, 1.54) is 11.3 Å². The first kappa shape index (κ1) is 14.3. The van der Waals surface area contributed by atoms with E-state index in [4.69, 9.17) is 11.6 Å². The fourth-order valence-corrected chi connectivity index (χ4v) is 3.62. The predicted molar refractivity (Wildman–Crippen MR) is 88.0 cm³/mol. The van der Waals surface area contributed by atoms with Gasteiger partial charge in [-0.3, -0.25) is 4.79 Å². The van der Waals surface area contributed by atoms with Gasteiger partial charge in [-0.1, -0.05) is 35.9 Å². The van der Waals surface area contributed by atoms with E-state index in [0.29, 0.717) is 17.3 Å². The van der Waals surface area contributed by atoms with E-state index in [9.17, 15) is 4.79 Å². The number of benzene rings is 1. The minimum atomic E-state index is -0.186. The molecule has 0 aliphatic rings. The third-order valence-electron chi connectivity index (χ3n) is 2.87. The molecule has 0 saturated heterocycles. The van der Waals surface area contributed by atoms with E-state index in [1.807, 2.05) is 35.7 Å². The minimum absolute atomic E-state index is 0.186. The lowest BCUT2D eigenvalue weighted by molar-refractivity contribution is 0.0946. The average molecular weight is 335 g/mol. The number of nitrogens with one attached hydrogen (secondary N) is 1. The standard InChI is InChI=1S/C15H11ClN2OS2/c16-11-5-2-1-4-10(11)8-17-14(19)12-9-21-15(18-12)13-6-3-7-20-13/h1-7,9H,8H2,(H,17,19). The minimum Gasteiger partial charge on any atom is -0.347 e. The lowest BCUT2D eigenvalue weighted by Crippen LogP contribution is -2.23. The molecule has 21 heavy (non-hydrogen) atoms. The maximum absolute atomic E-state index is 12.1. The van der Waals surface area contributed by atoms with Gasteiger partial charge in [0.1, 0.15) is 10.7 Å². The van der Waals surface area contributed by atoms with Crippen LogP contribution in [-0.2, 0) is 6.54 Å². The Morgan fingerprint density at radius 1 is 1.19 bits per heavy atom. The summed E-state index contributed by atoms with van der Waals surface area (Å²) in [6.07, 6.45) is 0. The Bertz CT molecular complexity index is 753. The Hall–Kier alpha value is -1.69. The van der Waals surface area contributed by atoms with Gasteiger partial charge in [-0.2, -0.15) is 0 Å². The molecule has 0 radical (unpaired) electrons. The molecule has 1 aromatic carbocycles. The molecule has 0 bridgehead atoms. The Labute approximate surface area is 135 Å². The summed E-state index contributed by atoms with van der Waals surface area (Å²) in [7, 11) is 0. The summed E-state index contributed by atoms with van der Waals surface area (Å²) in [6.45, 7) is 0.393. The smallest absolute Gasteiger partial charge is 0.271 e. The average Bonchev–Trinajstić information content (AvgIpc) is 3.16. The van der Waals surface area contributed by atoms with Gasteiger partial charge in [-0.05, 0) is 23.1 Å². The fraction of sp³-hybridized carbons (Fsp3) is 0.0667. The highest BCUT2D eigenvalue weighted by Gasteiger charge is 2.12. The van der Waals surface area contributed by atoms with E-state index in [0.717, 1.165) is 15.4 Å². The second-order valence-electron chi connectivity index (χ2n) is 4.29. The van der Waals surface area contributed by atoms with Crippen LogP contribution in [0, 0.1) is 0 Å². The first-order valence-corrected chi connectivity index (χ1v) is 8.39. The second kappa shape index (κ2) is 6.39. The summed E-state index contributed by atoms with van der Waals surface area (Å²) >= 11 is 9.15. The van der Waals surface area contributed by atoms with Gasteiger partial charge in [0.25, 0.3) is 5.91 Å². The van der Waals surface area contributed by atoms with Crippen molar-refractivity contribution in [3.63, 3.8) is 0 Å². The van der Waals surface area contributed by atoms with Crippen LogP contribution >= 0.6 is 34.3 Å². The number of carbonyl (C=O) groups is 1. The number of hydrogen-bond acceptors (Lipinski definition) is 4. The lowest BCUT2D eigenvalue weighted by Gasteiger charge is -2.05. The second-order valence-corrected chi connectivity index (χ2v) is 6.50. The van der Waals surface area contributed by atoms with E-state index < -0.39 is 0 Å². The van der Waals surface area contributed by atoms with Crippen molar-refractivity contribution in [2.45, 2.75) is 6.54 Å². The number of nitrogens with zero attached hydrogens (tertiary/aromatic N) is 1. The maximum atomic E-state index is 12.1. The summed E-state index contributed by atoms with van der Waals surface area (Å²) in [5, 5.41) is 8.12. The highest BCUT2D eigenvalue weighted by molar-refractivity contribution is 7.20. The number of aromatic nitrogens is 1. The summed E-state index contributed by atoms with van der Waals surface area (Å²) in [4.78, 5) is 17.6. The largest absolute Gasteiger partial charge is 0.347 e. The Morgan fingerprint density at radius 2 is 2.05 bits per heavy atom. The van der Waals surface area contributed by atoms with Crippen molar-refractivity contribution in [2.24, 2.45) is 0 Å². The molecule has 0 unspecified atom stereocenters. The molecule has 0 atom stereocenters. The van der Waals surface area contributed by atoms with E-state index >= 15 is 0 Å². The Kier molecular flexibility index (Phi) is 4.34. The molecule has 3 aromatic rings. The van der Waals surface area contributed by atoms with Crippen LogP contribution in [0.4, 0.5) is 0 Å². The molecular weight excluding hydrogens is 324 g/mol. The van der Waals surface area contributed by atoms with Gasteiger partial charge in [-0.15, -0.1) is 22.7 Å². The van der Waals surface area contributed by atoms with Crippen molar-refractivity contribution < 1.29 is 4.79 Å². The maximum Gasteiger partial charge on any atom is 0.271 e. The van der Waals surface area contributed by atoms with E-state index in [2.05, 4.69) is 10.3 Å². The first-order valence-electron chi connectivity index (χ1n) is 6.25. The number of halogens is 1. The highest BCUT2D eigenvalue weighted by Crippen LogP contribution is 2.27. The van der Waals surface area contributed by atoms with Gasteiger partial charge in [0, 0.05) is 16.9 Å². The van der Waals surface area contributed by atoms with E-state index in [-0.39, 0.29) is 5.91 Å². The zero-order valence-corrected chi connectivity index (χ0v) is 13.3. The molecule has 6 heteroatoms. The van der Waals surface area contributed by atoms with Crippen LogP contribution in [0.1, 0.15) is 16.1 Å². The molecule has 1 N–H and O–H groups in total. The molecule has 1 amide bonds. The van der Waals surface area contributed by atoms with Gasteiger partial charge >= 0.3 is 0 Å². The normalized spacial score (nSPS) is 10.5. The number of carbonyl (C=O) groups excluding carboxylic acids is 1. The molecule has 0 saturated carbocycles. The van der Waals surface area contributed by atoms with Crippen LogP contribution < -0.4 is 5.32 Å². The number of thiazole rings is 1. The van der Waals surface area contributed by atoms with Crippen LogP contribution in [-0.4, -0.2) is 10.9 Å². The van der Waals surface area contributed by atoms with Crippen molar-refractivity contribution in [2.75, 3.05) is 0 Å². The third-order valence-corrected chi connectivity index (χ3v) is 5.12. The zero-order valence-electron chi connectivity index (χ0n) is 10.9. The van der Waals surface area contributed by atoms with Crippen molar-refractivity contribution in [1.29, 1.82) is 0 Å². The van der Waals surface area contributed by atoms with Gasteiger partial charge in [0.05, 0.1) is 4.88 Å². The van der Waals surface area contributed by atoms with Crippen LogP contribution in [0.3, 0.4) is 0 Å². The van der Waals surface area contributed by atoms with Crippen molar-refractivity contribution in [3.8, 4) is 9.88 Å². The van der Waals surface area contributed by atoms with Gasteiger partial charge < -0.3 is 5.32 Å². The van der Waals surface area contributed by atoms with Gasteiger partial charge in [0.2, 0.25) is 0 Å². The quantitative estimate of drug-likeness (QED) is 0.765. The Morgan fingerprint density at radius 3 is 2.81 bits per heavy atom. The molecule has 0 aliphatic carbocycles. The van der Waals surface area contributed by atoms with Crippen LogP contribution in [0.25, 0.3) is 9.88 Å². The predicted octanol–water partition coefficient (Wildman–Crippen LogP) is 4.46. The van der Waals surface area contributed by atoms with Crippen molar-refractivity contribution >= 4 is 40.2 Å². The molecular formula is C15H11ClN2OS2. The molecule has 0 aliphatic heterocycles. The van der Waals surface area contributed by atoms with Crippen LogP contribution in [0.2, 0.25) is 5.02 Å². The van der Waals surface area contributed by atoms with Crippen LogP contribution in [0.15, 0.2) is 47.2 Å².